The zero-order chi connectivity index (χ0) is 9.68. The summed E-state index contributed by atoms with van der Waals surface area (Å²) in [7, 11) is 0. The molecule has 5 heteroatoms. The molecular weight excluding hydrogens is 170 g/mol. The molecule has 1 aliphatic heterocycles. The van der Waals surface area contributed by atoms with Crippen LogP contribution in [0.15, 0.2) is 0 Å². The minimum absolute atomic E-state index is 0.471. The second kappa shape index (κ2) is 5.51. The third-order valence-corrected chi connectivity index (χ3v) is 2.14. The van der Waals surface area contributed by atoms with Gasteiger partial charge in [0.15, 0.2) is 0 Å². The number of ether oxygens (including phenoxy) is 1. The van der Waals surface area contributed by atoms with Gasteiger partial charge in [0, 0.05) is 26.2 Å². The lowest BCUT2D eigenvalue weighted by molar-refractivity contribution is -0.159. The third-order valence-electron chi connectivity index (χ3n) is 2.14. The molecule has 0 radical (unpaired) electrons. The van der Waals surface area contributed by atoms with Crippen molar-refractivity contribution in [3.63, 3.8) is 0 Å². The third kappa shape index (κ3) is 3.21. The first-order chi connectivity index (χ1) is 6.25. The summed E-state index contributed by atoms with van der Waals surface area (Å²) in [6.45, 7) is 6.14. The maximum Gasteiger partial charge on any atom is 0.117 e. The molecule has 3 N–H and O–H groups in total. The number of aliphatic hydroxyl groups excluding tert-OH is 1. The highest BCUT2D eigenvalue weighted by Gasteiger charge is 2.20. The van der Waals surface area contributed by atoms with Gasteiger partial charge in [0.05, 0.1) is 13.2 Å². The number of rotatable bonds is 4. The van der Waals surface area contributed by atoms with Gasteiger partial charge in [-0.1, -0.05) is 0 Å². The Morgan fingerprint density at radius 3 is 2.62 bits per heavy atom. The summed E-state index contributed by atoms with van der Waals surface area (Å²) in [6, 6.07) is 0. The molecule has 13 heavy (non-hydrogen) atoms. The van der Waals surface area contributed by atoms with Gasteiger partial charge >= 0.3 is 0 Å². The van der Waals surface area contributed by atoms with Crippen LogP contribution in [-0.2, 0) is 4.74 Å². The van der Waals surface area contributed by atoms with Crippen molar-refractivity contribution in [2.45, 2.75) is 13.2 Å². The SMILES string of the molecule is CC(O)N(CCN)N1CCOCC1. The minimum Gasteiger partial charge on any atom is -0.379 e. The number of hydrazine groups is 1. The highest BCUT2D eigenvalue weighted by atomic mass is 16.5. The van der Waals surface area contributed by atoms with Crippen molar-refractivity contribution >= 4 is 0 Å². The van der Waals surface area contributed by atoms with E-state index in [2.05, 4.69) is 5.01 Å². The molecule has 1 atom stereocenters. The van der Waals surface area contributed by atoms with Crippen molar-refractivity contribution in [2.75, 3.05) is 39.4 Å². The van der Waals surface area contributed by atoms with Crippen molar-refractivity contribution in [3.05, 3.63) is 0 Å². The van der Waals surface area contributed by atoms with E-state index in [1.54, 1.807) is 6.92 Å². The van der Waals surface area contributed by atoms with Gasteiger partial charge in [-0.25, -0.2) is 10.0 Å². The molecule has 0 amide bonds. The Morgan fingerprint density at radius 2 is 2.15 bits per heavy atom. The summed E-state index contributed by atoms with van der Waals surface area (Å²) in [5.74, 6) is 0. The molecule has 1 saturated heterocycles. The highest BCUT2D eigenvalue weighted by molar-refractivity contribution is 4.63. The average Bonchev–Trinajstić information content (AvgIpc) is 2.15. The lowest BCUT2D eigenvalue weighted by Gasteiger charge is -2.38. The number of hydrogen-bond acceptors (Lipinski definition) is 5. The maximum absolute atomic E-state index is 9.48. The molecule has 1 unspecified atom stereocenters. The van der Waals surface area contributed by atoms with Crippen molar-refractivity contribution in [2.24, 2.45) is 5.73 Å². The van der Waals surface area contributed by atoms with Crippen LogP contribution in [0, 0.1) is 0 Å². The first kappa shape index (κ1) is 10.9. The van der Waals surface area contributed by atoms with Crippen LogP contribution in [0.4, 0.5) is 0 Å². The quantitative estimate of drug-likeness (QED) is 0.546. The summed E-state index contributed by atoms with van der Waals surface area (Å²) in [5, 5.41) is 13.5. The minimum atomic E-state index is -0.471. The largest absolute Gasteiger partial charge is 0.379 e. The standard InChI is InChI=1S/C8H19N3O2/c1-8(12)11(3-2-9)10-4-6-13-7-5-10/h8,12H,2-7,9H2,1H3. The van der Waals surface area contributed by atoms with Crippen LogP contribution in [0.5, 0.6) is 0 Å². The molecule has 5 nitrogen and oxygen atoms in total. The fourth-order valence-corrected chi connectivity index (χ4v) is 1.51. The lowest BCUT2D eigenvalue weighted by Crippen LogP contribution is -2.53. The Kier molecular flexibility index (Phi) is 4.61. The van der Waals surface area contributed by atoms with Crippen molar-refractivity contribution in [3.8, 4) is 0 Å². The molecular formula is C8H19N3O2. The number of aliphatic hydroxyl groups is 1. The van der Waals surface area contributed by atoms with Crippen LogP contribution < -0.4 is 5.73 Å². The van der Waals surface area contributed by atoms with E-state index in [-0.39, 0.29) is 0 Å². The van der Waals surface area contributed by atoms with Gasteiger partial charge < -0.3 is 15.6 Å². The highest BCUT2D eigenvalue weighted by Crippen LogP contribution is 2.05. The van der Waals surface area contributed by atoms with E-state index in [4.69, 9.17) is 10.5 Å². The Bertz CT molecular complexity index is 137. The van der Waals surface area contributed by atoms with Gasteiger partial charge in [0.25, 0.3) is 0 Å². The lowest BCUT2D eigenvalue weighted by atomic mass is 10.4. The number of morpholine rings is 1. The summed E-state index contributed by atoms with van der Waals surface area (Å²) in [4.78, 5) is 0. The number of nitrogens with two attached hydrogens (primary N) is 1. The predicted octanol–water partition coefficient (Wildman–Crippen LogP) is -1.17. The summed E-state index contributed by atoms with van der Waals surface area (Å²) < 4.78 is 5.23. The topological polar surface area (TPSA) is 62.0 Å². The zero-order valence-electron chi connectivity index (χ0n) is 8.15. The molecule has 1 rings (SSSR count). The molecule has 1 heterocycles. The van der Waals surface area contributed by atoms with Crippen LogP contribution >= 0.6 is 0 Å². The second-order valence-corrected chi connectivity index (χ2v) is 3.15. The number of hydrogen-bond donors (Lipinski definition) is 2. The Morgan fingerprint density at radius 1 is 1.54 bits per heavy atom. The Hall–Kier alpha value is -0.200. The van der Waals surface area contributed by atoms with Gasteiger partial charge in [-0.05, 0) is 6.92 Å². The van der Waals surface area contributed by atoms with Gasteiger partial charge in [0.1, 0.15) is 6.23 Å². The van der Waals surface area contributed by atoms with Crippen molar-refractivity contribution in [1.29, 1.82) is 0 Å². The first-order valence-corrected chi connectivity index (χ1v) is 4.73. The van der Waals surface area contributed by atoms with Crippen molar-refractivity contribution in [1.82, 2.24) is 10.0 Å². The molecule has 0 saturated carbocycles. The van der Waals surface area contributed by atoms with E-state index in [0.29, 0.717) is 13.1 Å². The van der Waals surface area contributed by atoms with Crippen LogP contribution in [0.2, 0.25) is 0 Å². The molecule has 0 bridgehead atoms. The Balaban J connectivity index is 2.41. The molecule has 0 aromatic heterocycles. The van der Waals surface area contributed by atoms with Gasteiger partial charge in [0.2, 0.25) is 0 Å². The van der Waals surface area contributed by atoms with E-state index in [0.717, 1.165) is 26.3 Å². The van der Waals surface area contributed by atoms with E-state index in [1.807, 2.05) is 5.01 Å². The van der Waals surface area contributed by atoms with E-state index < -0.39 is 6.23 Å². The molecule has 78 valence electrons. The van der Waals surface area contributed by atoms with Crippen LogP contribution in [-0.4, -0.2) is 60.7 Å². The second-order valence-electron chi connectivity index (χ2n) is 3.15. The molecule has 0 aromatic carbocycles. The van der Waals surface area contributed by atoms with Gasteiger partial charge in [-0.3, -0.25) is 0 Å². The smallest absolute Gasteiger partial charge is 0.117 e. The maximum atomic E-state index is 9.48. The van der Waals surface area contributed by atoms with Crippen molar-refractivity contribution < 1.29 is 9.84 Å². The van der Waals surface area contributed by atoms with Crippen LogP contribution in [0.3, 0.4) is 0 Å². The van der Waals surface area contributed by atoms with E-state index in [1.165, 1.54) is 0 Å². The van der Waals surface area contributed by atoms with Crippen LogP contribution in [0.1, 0.15) is 6.92 Å². The normalized spacial score (nSPS) is 22.2. The summed E-state index contributed by atoms with van der Waals surface area (Å²) in [5.41, 5.74) is 5.46. The molecule has 0 spiro atoms. The summed E-state index contributed by atoms with van der Waals surface area (Å²) in [6.07, 6.45) is -0.471. The molecule has 0 aliphatic carbocycles. The first-order valence-electron chi connectivity index (χ1n) is 4.73. The van der Waals surface area contributed by atoms with E-state index in [9.17, 15) is 5.11 Å². The zero-order valence-corrected chi connectivity index (χ0v) is 8.15. The predicted molar refractivity (Wildman–Crippen MR) is 49.8 cm³/mol. The van der Waals surface area contributed by atoms with E-state index >= 15 is 0 Å². The molecule has 1 aliphatic rings. The fourth-order valence-electron chi connectivity index (χ4n) is 1.51. The summed E-state index contributed by atoms with van der Waals surface area (Å²) >= 11 is 0. The average molecular weight is 189 g/mol. The fraction of sp³-hybridized carbons (Fsp3) is 1.00. The molecule has 1 fully saturated rings. The van der Waals surface area contributed by atoms with Crippen LogP contribution in [0.25, 0.3) is 0 Å². The van der Waals surface area contributed by atoms with Gasteiger partial charge in [-0.2, -0.15) is 0 Å². The molecule has 0 aromatic rings. The monoisotopic (exact) mass is 189 g/mol. The number of nitrogens with zero attached hydrogens (tertiary/aromatic N) is 2. The Labute approximate surface area is 79.0 Å². The van der Waals surface area contributed by atoms with Gasteiger partial charge in [-0.15, -0.1) is 0 Å².